The molecule has 0 aromatic heterocycles. The van der Waals surface area contributed by atoms with Crippen molar-refractivity contribution < 1.29 is 20.1 Å². The van der Waals surface area contributed by atoms with Crippen LogP contribution in [0.4, 0.5) is 0 Å². The Kier molecular flexibility index (Phi) is 3.92. The lowest BCUT2D eigenvalue weighted by Crippen LogP contribution is -2.46. The summed E-state index contributed by atoms with van der Waals surface area (Å²) in [6.45, 7) is 0. The van der Waals surface area contributed by atoms with Gasteiger partial charge in [-0.2, -0.15) is 0 Å². The Balaban J connectivity index is 1.93. The molecule has 2 fully saturated rings. The van der Waals surface area contributed by atoms with Crippen molar-refractivity contribution in [1.82, 2.24) is 0 Å². The lowest BCUT2D eigenvalue weighted by atomic mass is 9.69. The van der Waals surface area contributed by atoms with Crippen LogP contribution in [0.3, 0.4) is 0 Å². The van der Waals surface area contributed by atoms with Crippen LogP contribution in [-0.4, -0.2) is 33.4 Å². The lowest BCUT2D eigenvalue weighted by molar-refractivity contribution is -0.141. The SMILES string of the molecule is NC(C(=O)O)C1CCC1/C=C(\O)C(O)C1CCC1. The third kappa shape index (κ3) is 2.52. The first-order valence-corrected chi connectivity index (χ1v) is 6.58. The van der Waals surface area contributed by atoms with Crippen LogP contribution in [-0.2, 0) is 4.79 Å². The van der Waals surface area contributed by atoms with Gasteiger partial charge in [0.05, 0.1) is 0 Å². The summed E-state index contributed by atoms with van der Waals surface area (Å²) in [6, 6.07) is -0.881. The van der Waals surface area contributed by atoms with E-state index >= 15 is 0 Å². The van der Waals surface area contributed by atoms with Crippen LogP contribution in [0.5, 0.6) is 0 Å². The maximum absolute atomic E-state index is 10.8. The summed E-state index contributed by atoms with van der Waals surface area (Å²) in [5.41, 5.74) is 5.59. The van der Waals surface area contributed by atoms with E-state index in [0.29, 0.717) is 0 Å². The van der Waals surface area contributed by atoms with E-state index in [-0.39, 0.29) is 23.5 Å². The summed E-state index contributed by atoms with van der Waals surface area (Å²) in [5, 5.41) is 28.6. The summed E-state index contributed by atoms with van der Waals surface area (Å²) < 4.78 is 0. The largest absolute Gasteiger partial charge is 0.510 e. The molecule has 2 aliphatic carbocycles. The Labute approximate surface area is 106 Å². The third-order valence-corrected chi connectivity index (χ3v) is 4.41. The average molecular weight is 255 g/mol. The van der Waals surface area contributed by atoms with Crippen LogP contribution in [0, 0.1) is 17.8 Å². The summed E-state index contributed by atoms with van der Waals surface area (Å²) >= 11 is 0. The van der Waals surface area contributed by atoms with Gasteiger partial charge in [-0.05, 0) is 49.5 Å². The molecule has 2 aliphatic rings. The molecule has 0 saturated heterocycles. The van der Waals surface area contributed by atoms with Crippen LogP contribution in [0.15, 0.2) is 11.8 Å². The van der Waals surface area contributed by atoms with E-state index in [2.05, 4.69) is 0 Å². The maximum Gasteiger partial charge on any atom is 0.320 e. The van der Waals surface area contributed by atoms with Gasteiger partial charge in [0.25, 0.3) is 0 Å². The van der Waals surface area contributed by atoms with Gasteiger partial charge in [0.1, 0.15) is 17.9 Å². The number of hydrogen-bond donors (Lipinski definition) is 4. The average Bonchev–Trinajstić information content (AvgIpc) is 2.21. The number of nitrogens with two attached hydrogens (primary N) is 1. The van der Waals surface area contributed by atoms with Gasteiger partial charge in [-0.1, -0.05) is 6.42 Å². The Morgan fingerprint density at radius 2 is 1.89 bits per heavy atom. The van der Waals surface area contributed by atoms with E-state index in [4.69, 9.17) is 10.8 Å². The van der Waals surface area contributed by atoms with Gasteiger partial charge in [-0.3, -0.25) is 4.79 Å². The lowest BCUT2D eigenvalue weighted by Gasteiger charge is -2.38. The first kappa shape index (κ1) is 13.4. The highest BCUT2D eigenvalue weighted by atomic mass is 16.4. The van der Waals surface area contributed by atoms with Crippen LogP contribution in [0.25, 0.3) is 0 Å². The highest BCUT2D eigenvalue weighted by molar-refractivity contribution is 5.73. The van der Waals surface area contributed by atoms with E-state index in [1.165, 1.54) is 0 Å². The fourth-order valence-corrected chi connectivity index (χ4v) is 2.70. The number of aliphatic hydroxyl groups is 2. The Bertz CT molecular complexity index is 351. The van der Waals surface area contributed by atoms with Crippen LogP contribution >= 0.6 is 0 Å². The Morgan fingerprint density at radius 1 is 1.22 bits per heavy atom. The molecule has 4 unspecified atom stereocenters. The molecular formula is C13H21NO4. The molecule has 0 aromatic carbocycles. The minimum atomic E-state index is -1.00. The number of allylic oxidation sites excluding steroid dienone is 1. The predicted octanol–water partition coefficient (Wildman–Crippen LogP) is 1.03. The molecule has 0 amide bonds. The summed E-state index contributed by atoms with van der Waals surface area (Å²) in [6.07, 6.45) is 5.41. The monoisotopic (exact) mass is 255 g/mol. The topological polar surface area (TPSA) is 104 Å². The van der Waals surface area contributed by atoms with E-state index in [1.807, 2.05) is 0 Å². The van der Waals surface area contributed by atoms with E-state index in [0.717, 1.165) is 32.1 Å². The summed E-state index contributed by atoms with van der Waals surface area (Å²) in [5.74, 6) is -0.999. The number of carbonyl (C=O) groups is 1. The molecule has 2 saturated carbocycles. The molecule has 0 radical (unpaired) electrons. The van der Waals surface area contributed by atoms with Crippen molar-refractivity contribution in [3.8, 4) is 0 Å². The van der Waals surface area contributed by atoms with Crippen molar-refractivity contribution in [2.75, 3.05) is 0 Å². The molecule has 0 aromatic rings. The predicted molar refractivity (Wildman–Crippen MR) is 65.9 cm³/mol. The molecular weight excluding hydrogens is 234 g/mol. The van der Waals surface area contributed by atoms with Crippen molar-refractivity contribution in [3.05, 3.63) is 11.8 Å². The quantitative estimate of drug-likeness (QED) is 0.549. The highest BCUT2D eigenvalue weighted by Gasteiger charge is 2.38. The molecule has 0 spiro atoms. The molecule has 2 rings (SSSR count). The van der Waals surface area contributed by atoms with E-state index in [1.54, 1.807) is 6.08 Å². The highest BCUT2D eigenvalue weighted by Crippen LogP contribution is 2.39. The number of aliphatic hydroxyl groups excluding tert-OH is 2. The van der Waals surface area contributed by atoms with Gasteiger partial charge in [0, 0.05) is 0 Å². The second-order valence-electron chi connectivity index (χ2n) is 5.50. The van der Waals surface area contributed by atoms with Gasteiger partial charge >= 0.3 is 5.97 Å². The Hall–Kier alpha value is -1.07. The van der Waals surface area contributed by atoms with Crippen molar-refractivity contribution >= 4 is 5.97 Å². The second-order valence-corrected chi connectivity index (χ2v) is 5.50. The molecule has 4 atom stereocenters. The number of rotatable bonds is 5. The molecule has 0 heterocycles. The van der Waals surface area contributed by atoms with Crippen LogP contribution in [0.2, 0.25) is 0 Å². The van der Waals surface area contributed by atoms with Crippen molar-refractivity contribution in [3.63, 3.8) is 0 Å². The zero-order chi connectivity index (χ0) is 13.3. The van der Waals surface area contributed by atoms with Crippen LogP contribution in [0.1, 0.15) is 32.1 Å². The molecule has 5 nitrogen and oxygen atoms in total. The first-order valence-electron chi connectivity index (χ1n) is 6.58. The van der Waals surface area contributed by atoms with Gasteiger partial charge in [0.2, 0.25) is 0 Å². The summed E-state index contributed by atoms with van der Waals surface area (Å²) in [7, 11) is 0. The maximum atomic E-state index is 10.8. The normalized spacial score (nSPS) is 32.2. The minimum absolute atomic E-state index is 0.00742. The van der Waals surface area contributed by atoms with Gasteiger partial charge < -0.3 is 21.1 Å². The van der Waals surface area contributed by atoms with E-state index < -0.39 is 18.1 Å². The summed E-state index contributed by atoms with van der Waals surface area (Å²) in [4.78, 5) is 10.8. The van der Waals surface area contributed by atoms with Crippen molar-refractivity contribution in [2.24, 2.45) is 23.5 Å². The number of carboxylic acid groups (broad SMARTS) is 1. The van der Waals surface area contributed by atoms with Gasteiger partial charge in [-0.15, -0.1) is 0 Å². The van der Waals surface area contributed by atoms with Crippen molar-refractivity contribution in [1.29, 1.82) is 0 Å². The second kappa shape index (κ2) is 5.28. The molecule has 0 aliphatic heterocycles. The number of aliphatic carboxylic acids is 1. The fourth-order valence-electron chi connectivity index (χ4n) is 2.70. The number of hydrogen-bond acceptors (Lipinski definition) is 4. The minimum Gasteiger partial charge on any atom is -0.510 e. The first-order chi connectivity index (χ1) is 8.50. The van der Waals surface area contributed by atoms with Crippen LogP contribution < -0.4 is 5.73 Å². The number of carboxylic acids is 1. The van der Waals surface area contributed by atoms with Crippen molar-refractivity contribution in [2.45, 2.75) is 44.2 Å². The standard InChI is InChI=1S/C13H21NO4/c14-11(13(17)18)9-5-4-8(9)6-10(15)12(16)7-2-1-3-7/h6-9,11-12,15-16H,1-5,14H2,(H,17,18)/b10-6-. The van der Waals surface area contributed by atoms with E-state index in [9.17, 15) is 15.0 Å². The zero-order valence-corrected chi connectivity index (χ0v) is 10.3. The van der Waals surface area contributed by atoms with Gasteiger partial charge in [-0.25, -0.2) is 0 Å². The molecule has 5 N–H and O–H groups in total. The Morgan fingerprint density at radius 3 is 2.28 bits per heavy atom. The third-order valence-electron chi connectivity index (χ3n) is 4.41. The fraction of sp³-hybridized carbons (Fsp3) is 0.769. The smallest absolute Gasteiger partial charge is 0.320 e. The molecule has 0 bridgehead atoms. The molecule has 18 heavy (non-hydrogen) atoms. The van der Waals surface area contributed by atoms with Gasteiger partial charge in [0.15, 0.2) is 0 Å². The molecule has 102 valence electrons. The zero-order valence-electron chi connectivity index (χ0n) is 10.3. The molecule has 5 heteroatoms.